The van der Waals surface area contributed by atoms with Crippen LogP contribution < -0.4 is 4.90 Å². The Morgan fingerprint density at radius 2 is 1.63 bits per heavy atom. The first kappa shape index (κ1) is 25.4. The van der Waals surface area contributed by atoms with Crippen molar-refractivity contribution >= 4 is 34.8 Å². The standard InChI is InChI=1S/C29H27Cl2F2NO/c1-2-3-4-16-29(19-20-5-14-25(32)26(33)18-20)17-15-27(21-6-8-22(30)9-7-21)34(28(29)35)24-12-10-23(31)11-13-24/h2-3,5-14,18,27H,4,15-17,19H2,1H3/b3-2-. The normalized spacial score (nSPS) is 20.5. The number of carbonyl (C=O) groups is 1. The van der Waals surface area contributed by atoms with Crippen molar-refractivity contribution in [3.05, 3.63) is 112 Å². The van der Waals surface area contributed by atoms with Crippen molar-refractivity contribution in [2.24, 2.45) is 5.41 Å². The van der Waals surface area contributed by atoms with E-state index in [4.69, 9.17) is 23.2 Å². The van der Waals surface area contributed by atoms with E-state index in [2.05, 4.69) is 0 Å². The highest BCUT2D eigenvalue weighted by molar-refractivity contribution is 6.30. The third-order valence-electron chi connectivity index (χ3n) is 6.79. The van der Waals surface area contributed by atoms with Gasteiger partial charge in [-0.05, 0) is 98.7 Å². The van der Waals surface area contributed by atoms with Crippen LogP contribution in [0.5, 0.6) is 0 Å². The van der Waals surface area contributed by atoms with E-state index in [1.54, 1.807) is 18.2 Å². The summed E-state index contributed by atoms with van der Waals surface area (Å²) in [6.07, 6.45) is 7.00. The van der Waals surface area contributed by atoms with Crippen molar-refractivity contribution in [2.45, 2.75) is 45.1 Å². The molecule has 3 aromatic rings. The first-order chi connectivity index (χ1) is 16.8. The van der Waals surface area contributed by atoms with Crippen LogP contribution in [0, 0.1) is 17.0 Å². The minimum absolute atomic E-state index is 0.0275. The molecule has 0 N–H and O–H groups in total. The summed E-state index contributed by atoms with van der Waals surface area (Å²) in [6, 6.07) is 18.5. The van der Waals surface area contributed by atoms with Gasteiger partial charge in [0.15, 0.2) is 11.6 Å². The third-order valence-corrected chi connectivity index (χ3v) is 7.30. The molecule has 4 rings (SSSR count). The van der Waals surface area contributed by atoms with Crippen LogP contribution in [0.4, 0.5) is 14.5 Å². The quantitative estimate of drug-likeness (QED) is 0.289. The number of rotatable bonds is 7. The van der Waals surface area contributed by atoms with Crippen molar-refractivity contribution in [1.29, 1.82) is 0 Å². The molecule has 1 saturated heterocycles. The molecule has 0 aliphatic carbocycles. The minimum atomic E-state index is -0.900. The molecule has 0 bridgehead atoms. The predicted octanol–water partition coefficient (Wildman–Crippen LogP) is 8.73. The summed E-state index contributed by atoms with van der Waals surface area (Å²) in [5.41, 5.74) is 1.60. The van der Waals surface area contributed by atoms with Gasteiger partial charge in [-0.2, -0.15) is 0 Å². The Balaban J connectivity index is 1.78. The lowest BCUT2D eigenvalue weighted by Crippen LogP contribution is -2.51. The average molecular weight is 514 g/mol. The molecule has 1 fully saturated rings. The van der Waals surface area contributed by atoms with Gasteiger partial charge < -0.3 is 4.90 Å². The average Bonchev–Trinajstić information content (AvgIpc) is 2.84. The molecule has 0 radical (unpaired) electrons. The number of halogens is 4. The maximum absolute atomic E-state index is 14.4. The summed E-state index contributed by atoms with van der Waals surface area (Å²) < 4.78 is 27.7. The Hall–Kier alpha value is -2.69. The van der Waals surface area contributed by atoms with Crippen molar-refractivity contribution < 1.29 is 13.6 Å². The molecule has 2 atom stereocenters. The Morgan fingerprint density at radius 1 is 0.971 bits per heavy atom. The highest BCUT2D eigenvalue weighted by Crippen LogP contribution is 2.47. The smallest absolute Gasteiger partial charge is 0.234 e. The molecule has 1 amide bonds. The van der Waals surface area contributed by atoms with E-state index in [1.165, 1.54) is 6.07 Å². The van der Waals surface area contributed by atoms with E-state index in [9.17, 15) is 13.6 Å². The summed E-state index contributed by atoms with van der Waals surface area (Å²) in [4.78, 5) is 16.3. The highest BCUT2D eigenvalue weighted by atomic mass is 35.5. The van der Waals surface area contributed by atoms with Gasteiger partial charge >= 0.3 is 0 Å². The summed E-state index contributed by atoms with van der Waals surface area (Å²) >= 11 is 12.3. The summed E-state index contributed by atoms with van der Waals surface area (Å²) in [6.45, 7) is 1.95. The van der Waals surface area contributed by atoms with Crippen LogP contribution in [0.15, 0.2) is 78.9 Å². The molecule has 3 aromatic carbocycles. The van der Waals surface area contributed by atoms with Crippen LogP contribution >= 0.6 is 23.2 Å². The molecular formula is C29H27Cl2F2NO. The molecule has 2 nitrogen and oxygen atoms in total. The molecule has 0 aromatic heterocycles. The molecule has 1 aliphatic heterocycles. The Labute approximate surface area is 215 Å². The fourth-order valence-corrected chi connectivity index (χ4v) is 5.25. The highest BCUT2D eigenvalue weighted by Gasteiger charge is 2.47. The van der Waals surface area contributed by atoms with Crippen LogP contribution in [-0.4, -0.2) is 5.91 Å². The molecule has 6 heteroatoms. The van der Waals surface area contributed by atoms with Crippen LogP contribution in [0.25, 0.3) is 0 Å². The van der Waals surface area contributed by atoms with Crippen LogP contribution in [-0.2, 0) is 11.2 Å². The molecular weight excluding hydrogens is 487 g/mol. The van der Waals surface area contributed by atoms with Crippen molar-refractivity contribution in [2.75, 3.05) is 4.90 Å². The van der Waals surface area contributed by atoms with Crippen molar-refractivity contribution in [3.8, 4) is 0 Å². The number of hydrogen-bond donors (Lipinski definition) is 0. The van der Waals surface area contributed by atoms with Gasteiger partial charge in [0.05, 0.1) is 11.5 Å². The zero-order valence-corrected chi connectivity index (χ0v) is 21.0. The van der Waals surface area contributed by atoms with Gasteiger partial charge in [0.25, 0.3) is 0 Å². The molecule has 1 aliphatic rings. The molecule has 0 saturated carbocycles. The first-order valence-electron chi connectivity index (χ1n) is 11.7. The van der Waals surface area contributed by atoms with E-state index in [0.717, 1.165) is 23.7 Å². The van der Waals surface area contributed by atoms with Crippen molar-refractivity contribution in [1.82, 2.24) is 0 Å². The van der Waals surface area contributed by atoms with E-state index in [0.29, 0.717) is 41.3 Å². The molecule has 2 unspecified atom stereocenters. The lowest BCUT2D eigenvalue weighted by atomic mass is 9.69. The second-order valence-electron chi connectivity index (χ2n) is 9.07. The number of piperidine rings is 1. The van der Waals surface area contributed by atoms with Crippen LogP contribution in [0.1, 0.15) is 49.8 Å². The van der Waals surface area contributed by atoms with Crippen LogP contribution in [0.2, 0.25) is 10.0 Å². The largest absolute Gasteiger partial charge is 0.304 e. The van der Waals surface area contributed by atoms with Crippen LogP contribution in [0.3, 0.4) is 0 Å². The van der Waals surface area contributed by atoms with Gasteiger partial charge in [-0.1, -0.05) is 53.6 Å². The zero-order chi connectivity index (χ0) is 25.0. The molecule has 182 valence electrons. The van der Waals surface area contributed by atoms with Gasteiger partial charge in [0, 0.05) is 15.7 Å². The number of nitrogens with zero attached hydrogens (tertiary/aromatic N) is 1. The van der Waals surface area contributed by atoms with E-state index in [-0.39, 0.29) is 11.9 Å². The third kappa shape index (κ3) is 5.60. The fraction of sp³-hybridized carbons (Fsp3) is 0.276. The first-order valence-corrected chi connectivity index (χ1v) is 12.5. The zero-order valence-electron chi connectivity index (χ0n) is 19.5. The van der Waals surface area contributed by atoms with Gasteiger partial charge in [0.2, 0.25) is 5.91 Å². The predicted molar refractivity (Wildman–Crippen MR) is 139 cm³/mol. The van der Waals surface area contributed by atoms with Gasteiger partial charge in [0.1, 0.15) is 0 Å². The topological polar surface area (TPSA) is 20.3 Å². The second-order valence-corrected chi connectivity index (χ2v) is 9.94. The molecule has 1 heterocycles. The van der Waals surface area contributed by atoms with E-state index < -0.39 is 17.0 Å². The van der Waals surface area contributed by atoms with E-state index >= 15 is 0 Å². The van der Waals surface area contributed by atoms with Gasteiger partial charge in [-0.25, -0.2) is 8.78 Å². The SMILES string of the molecule is C/C=C\CCC1(Cc2ccc(F)c(F)c2)CCC(c2ccc(Cl)cc2)N(c2ccc(Cl)cc2)C1=O. The Kier molecular flexibility index (Phi) is 7.93. The Bertz CT molecular complexity index is 1210. The summed E-state index contributed by atoms with van der Waals surface area (Å²) in [7, 11) is 0. The molecule has 0 spiro atoms. The van der Waals surface area contributed by atoms with E-state index in [1.807, 2.05) is 60.4 Å². The van der Waals surface area contributed by atoms with Gasteiger partial charge in [-0.15, -0.1) is 0 Å². The maximum atomic E-state index is 14.4. The summed E-state index contributed by atoms with van der Waals surface area (Å²) in [5.74, 6) is -1.82. The van der Waals surface area contributed by atoms with Gasteiger partial charge in [-0.3, -0.25) is 4.79 Å². The maximum Gasteiger partial charge on any atom is 0.234 e. The number of carbonyl (C=O) groups excluding carboxylic acids is 1. The number of hydrogen-bond acceptors (Lipinski definition) is 1. The number of amides is 1. The molecule has 35 heavy (non-hydrogen) atoms. The summed E-state index contributed by atoms with van der Waals surface area (Å²) in [5, 5.41) is 1.22. The monoisotopic (exact) mass is 513 g/mol. The number of allylic oxidation sites excluding steroid dienone is 2. The lowest BCUT2D eigenvalue weighted by Gasteiger charge is -2.46. The Morgan fingerprint density at radius 3 is 2.26 bits per heavy atom. The number of benzene rings is 3. The second kappa shape index (κ2) is 10.9. The minimum Gasteiger partial charge on any atom is -0.304 e. The van der Waals surface area contributed by atoms with Crippen molar-refractivity contribution in [3.63, 3.8) is 0 Å². The number of anilines is 1. The lowest BCUT2D eigenvalue weighted by molar-refractivity contribution is -0.132. The fourth-order valence-electron chi connectivity index (χ4n) is 5.00.